The molecule has 0 bridgehead atoms. The molecule has 1 amide bonds. The minimum atomic E-state index is 0.222. The van der Waals surface area contributed by atoms with Gasteiger partial charge in [0.25, 0.3) is 0 Å². The Bertz CT molecular complexity index is 261. The number of hydrogen-bond donors (Lipinski definition) is 1. The molecule has 0 radical (unpaired) electrons. The predicted octanol–water partition coefficient (Wildman–Crippen LogP) is 1.49. The molecule has 1 N–H and O–H groups in total. The van der Waals surface area contributed by atoms with E-state index in [0.29, 0.717) is 23.8 Å². The monoisotopic (exact) mass is 224 g/mol. The Morgan fingerprint density at radius 3 is 2.50 bits per heavy atom. The lowest BCUT2D eigenvalue weighted by atomic mass is 9.96. The molecule has 92 valence electrons. The Balaban J connectivity index is 1.98. The van der Waals surface area contributed by atoms with Crippen molar-refractivity contribution in [2.24, 2.45) is 17.8 Å². The van der Waals surface area contributed by atoms with Gasteiger partial charge in [0.05, 0.1) is 5.92 Å². The summed E-state index contributed by atoms with van der Waals surface area (Å²) in [6.45, 7) is 9.38. The zero-order valence-corrected chi connectivity index (χ0v) is 10.7. The van der Waals surface area contributed by atoms with Crippen LogP contribution in [0.3, 0.4) is 0 Å². The topological polar surface area (TPSA) is 32.3 Å². The number of rotatable bonds is 4. The summed E-state index contributed by atoms with van der Waals surface area (Å²) in [5.74, 6) is 1.70. The van der Waals surface area contributed by atoms with E-state index in [2.05, 4.69) is 31.0 Å². The van der Waals surface area contributed by atoms with E-state index in [1.807, 2.05) is 0 Å². The quantitative estimate of drug-likeness (QED) is 0.784. The summed E-state index contributed by atoms with van der Waals surface area (Å²) in [6.07, 6.45) is 2.43. The largest absolute Gasteiger partial charge is 0.339 e. The van der Waals surface area contributed by atoms with Gasteiger partial charge in [-0.05, 0) is 31.2 Å². The number of amides is 1. The molecule has 2 atom stereocenters. The summed E-state index contributed by atoms with van der Waals surface area (Å²) in [5.41, 5.74) is 0. The molecule has 1 saturated carbocycles. The first-order valence-electron chi connectivity index (χ1n) is 6.60. The number of carbonyl (C=O) groups excluding carboxylic acids is 1. The lowest BCUT2D eigenvalue weighted by Crippen LogP contribution is -2.42. The minimum Gasteiger partial charge on any atom is -0.339 e. The average molecular weight is 224 g/mol. The van der Waals surface area contributed by atoms with Crippen molar-refractivity contribution in [3.63, 3.8) is 0 Å². The summed E-state index contributed by atoms with van der Waals surface area (Å²) in [4.78, 5) is 14.6. The van der Waals surface area contributed by atoms with Crippen LogP contribution >= 0.6 is 0 Å². The first-order valence-corrected chi connectivity index (χ1v) is 6.60. The number of hydrogen-bond acceptors (Lipinski definition) is 2. The highest BCUT2D eigenvalue weighted by Crippen LogP contribution is 2.30. The van der Waals surface area contributed by atoms with Crippen LogP contribution in [-0.4, -0.2) is 36.5 Å². The Hall–Kier alpha value is -0.570. The molecular weight excluding hydrogens is 200 g/mol. The van der Waals surface area contributed by atoms with E-state index in [-0.39, 0.29) is 5.92 Å². The fraction of sp³-hybridized carbons (Fsp3) is 0.923. The first kappa shape index (κ1) is 11.9. The lowest BCUT2D eigenvalue weighted by Gasteiger charge is -2.28. The van der Waals surface area contributed by atoms with Gasteiger partial charge in [-0.1, -0.05) is 20.8 Å². The third-order valence-corrected chi connectivity index (χ3v) is 3.67. The molecule has 3 heteroatoms. The summed E-state index contributed by atoms with van der Waals surface area (Å²) < 4.78 is 0. The number of nitrogens with zero attached hydrogens (tertiary/aromatic N) is 1. The third kappa shape index (κ3) is 2.57. The fourth-order valence-corrected chi connectivity index (χ4v) is 2.55. The molecular formula is C13H24N2O. The molecule has 16 heavy (non-hydrogen) atoms. The van der Waals surface area contributed by atoms with Gasteiger partial charge >= 0.3 is 0 Å². The van der Waals surface area contributed by atoms with Crippen LogP contribution in [-0.2, 0) is 4.79 Å². The van der Waals surface area contributed by atoms with Crippen molar-refractivity contribution in [2.75, 3.05) is 19.6 Å². The Kier molecular flexibility index (Phi) is 3.53. The second-order valence-corrected chi connectivity index (χ2v) is 5.86. The van der Waals surface area contributed by atoms with Crippen LogP contribution in [0.4, 0.5) is 0 Å². The van der Waals surface area contributed by atoms with Gasteiger partial charge in [0.15, 0.2) is 0 Å². The molecule has 3 nitrogen and oxygen atoms in total. The molecule has 1 saturated heterocycles. The second-order valence-electron chi connectivity index (χ2n) is 5.86. The molecule has 2 unspecified atom stereocenters. The summed E-state index contributed by atoms with van der Waals surface area (Å²) in [7, 11) is 0. The summed E-state index contributed by atoms with van der Waals surface area (Å²) >= 11 is 0. The molecule has 0 spiro atoms. The van der Waals surface area contributed by atoms with Crippen molar-refractivity contribution in [1.82, 2.24) is 10.2 Å². The molecule has 1 aliphatic carbocycles. The Morgan fingerprint density at radius 1 is 1.38 bits per heavy atom. The van der Waals surface area contributed by atoms with E-state index in [4.69, 9.17) is 0 Å². The highest BCUT2D eigenvalue weighted by atomic mass is 16.2. The second kappa shape index (κ2) is 4.74. The van der Waals surface area contributed by atoms with Crippen LogP contribution in [0.1, 0.15) is 33.6 Å². The predicted molar refractivity (Wildman–Crippen MR) is 65.1 cm³/mol. The molecule has 2 rings (SSSR count). The van der Waals surface area contributed by atoms with Crippen molar-refractivity contribution in [2.45, 2.75) is 39.7 Å². The average Bonchev–Trinajstić information content (AvgIpc) is 2.97. The van der Waals surface area contributed by atoms with Crippen LogP contribution in [0.5, 0.6) is 0 Å². The van der Waals surface area contributed by atoms with Crippen LogP contribution < -0.4 is 5.32 Å². The van der Waals surface area contributed by atoms with Gasteiger partial charge in [-0.25, -0.2) is 0 Å². The molecule has 0 aromatic rings. The summed E-state index contributed by atoms with van der Waals surface area (Å²) in [5, 5.41) is 3.32. The summed E-state index contributed by atoms with van der Waals surface area (Å²) in [6, 6.07) is 0.558. The van der Waals surface area contributed by atoms with Gasteiger partial charge in [-0.2, -0.15) is 0 Å². The molecule has 2 fully saturated rings. The molecule has 0 aromatic carbocycles. The number of carbonyl (C=O) groups is 1. The highest BCUT2D eigenvalue weighted by Gasteiger charge is 2.39. The molecule has 1 heterocycles. The van der Waals surface area contributed by atoms with E-state index in [1.165, 1.54) is 12.8 Å². The zero-order valence-electron chi connectivity index (χ0n) is 10.7. The smallest absolute Gasteiger partial charge is 0.227 e. The van der Waals surface area contributed by atoms with Gasteiger partial charge in [0.1, 0.15) is 0 Å². The van der Waals surface area contributed by atoms with Crippen LogP contribution in [0.15, 0.2) is 0 Å². The molecule has 0 aromatic heterocycles. The van der Waals surface area contributed by atoms with Gasteiger partial charge in [0.2, 0.25) is 5.91 Å². The van der Waals surface area contributed by atoms with Crippen LogP contribution in [0.2, 0.25) is 0 Å². The Morgan fingerprint density at radius 2 is 2.06 bits per heavy atom. The van der Waals surface area contributed by atoms with Gasteiger partial charge in [0, 0.05) is 19.1 Å². The minimum absolute atomic E-state index is 0.222. The number of nitrogens with one attached hydrogen (secondary N) is 1. The zero-order chi connectivity index (χ0) is 11.7. The maximum Gasteiger partial charge on any atom is 0.227 e. The molecule has 2 aliphatic rings. The SMILES string of the molecule is CC(C)CN(C(=O)C1CNCC1C)C1CC1. The van der Waals surface area contributed by atoms with Crippen molar-refractivity contribution in [1.29, 1.82) is 0 Å². The van der Waals surface area contributed by atoms with E-state index in [1.54, 1.807) is 0 Å². The molecule has 1 aliphatic heterocycles. The van der Waals surface area contributed by atoms with Crippen molar-refractivity contribution in [3.8, 4) is 0 Å². The van der Waals surface area contributed by atoms with Gasteiger partial charge in [-0.15, -0.1) is 0 Å². The van der Waals surface area contributed by atoms with Crippen molar-refractivity contribution < 1.29 is 4.79 Å². The third-order valence-electron chi connectivity index (χ3n) is 3.67. The first-order chi connectivity index (χ1) is 7.59. The Labute approximate surface area is 98.6 Å². The maximum absolute atomic E-state index is 12.5. The van der Waals surface area contributed by atoms with E-state index in [9.17, 15) is 4.79 Å². The van der Waals surface area contributed by atoms with Gasteiger partial charge < -0.3 is 10.2 Å². The van der Waals surface area contributed by atoms with Crippen molar-refractivity contribution in [3.05, 3.63) is 0 Å². The highest BCUT2D eigenvalue weighted by molar-refractivity contribution is 5.80. The van der Waals surface area contributed by atoms with Gasteiger partial charge in [-0.3, -0.25) is 4.79 Å². The van der Waals surface area contributed by atoms with Crippen LogP contribution in [0, 0.1) is 17.8 Å². The normalized spacial score (nSPS) is 29.8. The van der Waals surface area contributed by atoms with E-state index >= 15 is 0 Å². The van der Waals surface area contributed by atoms with E-state index < -0.39 is 0 Å². The standard InChI is InChI=1S/C13H24N2O/c1-9(2)8-15(11-4-5-11)13(16)12-7-14-6-10(12)3/h9-12,14H,4-8H2,1-3H3. The maximum atomic E-state index is 12.5. The van der Waals surface area contributed by atoms with Crippen molar-refractivity contribution >= 4 is 5.91 Å². The van der Waals surface area contributed by atoms with Crippen LogP contribution in [0.25, 0.3) is 0 Å². The fourth-order valence-electron chi connectivity index (χ4n) is 2.55. The van der Waals surface area contributed by atoms with E-state index in [0.717, 1.165) is 19.6 Å². The lowest BCUT2D eigenvalue weighted by molar-refractivity contribution is -0.137.